The molecular formula is C23H24F3N3O. The smallest absolute Gasteiger partial charge is 0.349 e. The van der Waals surface area contributed by atoms with Gasteiger partial charge in [0.05, 0.1) is 16.6 Å². The highest BCUT2D eigenvalue weighted by molar-refractivity contribution is 6.00. The van der Waals surface area contributed by atoms with Crippen LogP contribution in [0, 0.1) is 0 Å². The van der Waals surface area contributed by atoms with Gasteiger partial charge in [0, 0.05) is 23.2 Å². The number of benzene rings is 2. The summed E-state index contributed by atoms with van der Waals surface area (Å²) in [5, 5.41) is 3.72. The molecule has 0 bridgehead atoms. The first-order chi connectivity index (χ1) is 14.1. The number of pyridine rings is 1. The zero-order chi connectivity index (χ0) is 21.9. The van der Waals surface area contributed by atoms with Crippen LogP contribution >= 0.6 is 0 Å². The molecule has 0 aliphatic rings. The lowest BCUT2D eigenvalue weighted by Gasteiger charge is -2.17. The summed E-state index contributed by atoms with van der Waals surface area (Å²) in [6, 6.07) is 12.2. The fourth-order valence-electron chi connectivity index (χ4n) is 3.19. The Morgan fingerprint density at radius 1 is 1.13 bits per heavy atom. The van der Waals surface area contributed by atoms with Crippen LogP contribution in [0.25, 0.3) is 22.0 Å². The van der Waals surface area contributed by atoms with Gasteiger partial charge in [0.2, 0.25) is 0 Å². The van der Waals surface area contributed by atoms with E-state index >= 15 is 0 Å². The van der Waals surface area contributed by atoms with E-state index < -0.39 is 11.7 Å². The molecule has 0 spiro atoms. The molecule has 0 unspecified atom stereocenters. The second kappa shape index (κ2) is 8.83. The topological polar surface area (TPSA) is 45.2 Å². The van der Waals surface area contributed by atoms with E-state index in [-0.39, 0.29) is 11.9 Å². The van der Waals surface area contributed by atoms with Crippen molar-refractivity contribution in [1.82, 2.24) is 15.2 Å². The van der Waals surface area contributed by atoms with Gasteiger partial charge in [-0.05, 0) is 57.7 Å². The predicted molar refractivity (Wildman–Crippen MR) is 112 cm³/mol. The Bertz CT molecular complexity index is 1030. The predicted octanol–water partition coefficient (Wildman–Crippen LogP) is 4.99. The Kier molecular flexibility index (Phi) is 6.41. The van der Waals surface area contributed by atoms with Crippen LogP contribution in [0.2, 0.25) is 0 Å². The van der Waals surface area contributed by atoms with E-state index in [4.69, 9.17) is 0 Å². The van der Waals surface area contributed by atoms with Crippen molar-refractivity contribution in [3.63, 3.8) is 0 Å². The van der Waals surface area contributed by atoms with E-state index in [1.165, 1.54) is 18.3 Å². The Labute approximate surface area is 173 Å². The Balaban J connectivity index is 1.84. The fraction of sp³-hybridized carbons (Fsp3) is 0.304. The third kappa shape index (κ3) is 5.16. The summed E-state index contributed by atoms with van der Waals surface area (Å²) in [6.45, 7) is 2.83. The Morgan fingerprint density at radius 3 is 2.47 bits per heavy atom. The molecule has 158 valence electrons. The van der Waals surface area contributed by atoms with Gasteiger partial charge in [-0.25, -0.2) is 0 Å². The molecule has 3 aromatic rings. The Morgan fingerprint density at radius 2 is 1.83 bits per heavy atom. The lowest BCUT2D eigenvalue weighted by atomic mass is 10.00. The van der Waals surface area contributed by atoms with Crippen molar-refractivity contribution in [3.8, 4) is 11.1 Å². The Hall–Kier alpha value is -2.93. The number of aromatic nitrogens is 1. The molecule has 30 heavy (non-hydrogen) atoms. The minimum Gasteiger partial charge on any atom is -0.349 e. The number of amides is 1. The molecular weight excluding hydrogens is 391 g/mol. The molecule has 1 heterocycles. The zero-order valence-electron chi connectivity index (χ0n) is 17.1. The standard InChI is InChI=1S/C23H24F3N3O/c1-15(11-12-29(2)3)28-22(30)18-13-17-5-4-6-20(21(17)27-14-18)16-7-9-19(10-8-16)23(24,25)26/h4-10,13-15H,11-12H2,1-3H3,(H,28,30)/t15-/m1/s1. The van der Waals surface area contributed by atoms with Crippen LogP contribution in [-0.2, 0) is 6.18 Å². The lowest BCUT2D eigenvalue weighted by Crippen LogP contribution is -2.34. The van der Waals surface area contributed by atoms with Crippen molar-refractivity contribution in [2.75, 3.05) is 20.6 Å². The van der Waals surface area contributed by atoms with Crippen molar-refractivity contribution >= 4 is 16.8 Å². The maximum atomic E-state index is 12.8. The van der Waals surface area contributed by atoms with Gasteiger partial charge in [-0.1, -0.05) is 30.3 Å². The molecule has 0 radical (unpaired) electrons. The van der Waals surface area contributed by atoms with Gasteiger partial charge in [-0.15, -0.1) is 0 Å². The average Bonchev–Trinajstić information content (AvgIpc) is 2.70. The maximum absolute atomic E-state index is 12.8. The van der Waals surface area contributed by atoms with Crippen LogP contribution in [0.4, 0.5) is 13.2 Å². The molecule has 0 saturated heterocycles. The van der Waals surface area contributed by atoms with Gasteiger partial charge in [0.15, 0.2) is 0 Å². The highest BCUT2D eigenvalue weighted by Gasteiger charge is 2.30. The maximum Gasteiger partial charge on any atom is 0.416 e. The minimum absolute atomic E-state index is 0.0223. The number of carbonyl (C=O) groups excluding carboxylic acids is 1. The van der Waals surface area contributed by atoms with Crippen molar-refractivity contribution in [2.24, 2.45) is 0 Å². The first kappa shape index (κ1) is 21.8. The number of alkyl halides is 3. The van der Waals surface area contributed by atoms with E-state index in [0.717, 1.165) is 30.5 Å². The molecule has 0 aliphatic heterocycles. The van der Waals surface area contributed by atoms with Crippen LogP contribution in [0.15, 0.2) is 54.7 Å². The number of carbonyl (C=O) groups is 1. The van der Waals surface area contributed by atoms with Crippen LogP contribution in [-0.4, -0.2) is 42.5 Å². The van der Waals surface area contributed by atoms with Crippen molar-refractivity contribution in [3.05, 3.63) is 65.9 Å². The quantitative estimate of drug-likeness (QED) is 0.617. The van der Waals surface area contributed by atoms with Crippen LogP contribution < -0.4 is 5.32 Å². The normalized spacial score (nSPS) is 12.9. The highest BCUT2D eigenvalue weighted by atomic mass is 19.4. The first-order valence-corrected chi connectivity index (χ1v) is 9.67. The summed E-state index contributed by atoms with van der Waals surface area (Å²) >= 11 is 0. The summed E-state index contributed by atoms with van der Waals surface area (Å²) in [5.74, 6) is -0.199. The number of hydrogen-bond donors (Lipinski definition) is 1. The third-order valence-electron chi connectivity index (χ3n) is 4.88. The first-order valence-electron chi connectivity index (χ1n) is 9.67. The second-order valence-corrected chi connectivity index (χ2v) is 7.64. The van der Waals surface area contributed by atoms with E-state index in [0.29, 0.717) is 22.2 Å². The van der Waals surface area contributed by atoms with Crippen LogP contribution in [0.3, 0.4) is 0 Å². The molecule has 1 atom stereocenters. The third-order valence-corrected chi connectivity index (χ3v) is 4.88. The SMILES string of the molecule is C[C@H](CCN(C)C)NC(=O)c1cnc2c(-c3ccc(C(F)(F)F)cc3)cccc2c1. The number of hydrogen-bond acceptors (Lipinski definition) is 3. The summed E-state index contributed by atoms with van der Waals surface area (Å²) in [7, 11) is 3.96. The fourth-order valence-corrected chi connectivity index (χ4v) is 3.19. The lowest BCUT2D eigenvalue weighted by molar-refractivity contribution is -0.137. The van der Waals surface area contributed by atoms with Gasteiger partial charge >= 0.3 is 6.18 Å². The van der Waals surface area contributed by atoms with Crippen LogP contribution in [0.5, 0.6) is 0 Å². The van der Waals surface area contributed by atoms with Gasteiger partial charge in [-0.3, -0.25) is 9.78 Å². The van der Waals surface area contributed by atoms with Gasteiger partial charge < -0.3 is 10.2 Å². The zero-order valence-corrected chi connectivity index (χ0v) is 17.1. The van der Waals surface area contributed by atoms with Crippen molar-refractivity contribution in [2.45, 2.75) is 25.6 Å². The van der Waals surface area contributed by atoms with Crippen LogP contribution in [0.1, 0.15) is 29.3 Å². The molecule has 4 nitrogen and oxygen atoms in total. The van der Waals surface area contributed by atoms with E-state index in [1.807, 2.05) is 27.1 Å². The molecule has 0 aliphatic carbocycles. The van der Waals surface area contributed by atoms with E-state index in [1.54, 1.807) is 18.2 Å². The van der Waals surface area contributed by atoms with Gasteiger partial charge in [0.25, 0.3) is 5.91 Å². The number of para-hydroxylation sites is 1. The number of nitrogens with zero attached hydrogens (tertiary/aromatic N) is 2. The average molecular weight is 415 g/mol. The van der Waals surface area contributed by atoms with Crippen molar-refractivity contribution < 1.29 is 18.0 Å². The number of rotatable bonds is 6. The number of fused-ring (bicyclic) bond motifs is 1. The van der Waals surface area contributed by atoms with Gasteiger partial charge in [-0.2, -0.15) is 13.2 Å². The van der Waals surface area contributed by atoms with Gasteiger partial charge in [0.1, 0.15) is 0 Å². The minimum atomic E-state index is -4.37. The van der Waals surface area contributed by atoms with Crippen molar-refractivity contribution in [1.29, 1.82) is 0 Å². The molecule has 0 fully saturated rings. The summed E-state index contributed by atoms with van der Waals surface area (Å²) in [5.41, 5.74) is 1.74. The molecule has 0 saturated carbocycles. The molecule has 1 amide bonds. The monoisotopic (exact) mass is 415 g/mol. The molecule has 3 rings (SSSR count). The molecule has 7 heteroatoms. The number of halogens is 3. The van der Waals surface area contributed by atoms with E-state index in [9.17, 15) is 18.0 Å². The summed E-state index contributed by atoms with van der Waals surface area (Å²) < 4.78 is 38.5. The molecule has 1 aromatic heterocycles. The highest BCUT2D eigenvalue weighted by Crippen LogP contribution is 2.32. The molecule has 1 N–H and O–H groups in total. The second-order valence-electron chi connectivity index (χ2n) is 7.64. The number of nitrogens with one attached hydrogen (secondary N) is 1. The summed E-state index contributed by atoms with van der Waals surface area (Å²) in [6.07, 6.45) is -2.04. The summed E-state index contributed by atoms with van der Waals surface area (Å²) in [4.78, 5) is 19.1. The largest absolute Gasteiger partial charge is 0.416 e. The van der Waals surface area contributed by atoms with E-state index in [2.05, 4.69) is 15.2 Å². The molecule has 2 aromatic carbocycles.